The molecule has 0 N–H and O–H groups in total. The lowest BCUT2D eigenvalue weighted by atomic mass is 10.1. The standard InChI is InChI=1S/C42H48N4O2/c1-5-43(6-2)35-25-19-33(20-26-35)23-29-41-45(37-15-9-11-17-39(37)47-41)31-13-14-32-46-38-16-10-12-18-40(38)48-42(46)30-24-34-21-27-36(28-22-34)44(7-3)8-4/h9-12,15-30H,5-8,13-14,31-32H2,1-4H3/q+2. The zero-order valence-corrected chi connectivity index (χ0v) is 28.8. The van der Waals surface area contributed by atoms with Crippen LogP contribution in [0.1, 0.15) is 63.4 Å². The number of nitrogens with zero attached hydrogens (tertiary/aromatic N) is 4. The lowest BCUT2D eigenvalue weighted by molar-refractivity contribution is -0.689. The van der Waals surface area contributed by atoms with Gasteiger partial charge < -0.3 is 18.6 Å². The molecule has 6 heteroatoms. The lowest BCUT2D eigenvalue weighted by Gasteiger charge is -2.20. The maximum atomic E-state index is 6.34. The summed E-state index contributed by atoms with van der Waals surface area (Å²) < 4.78 is 17.3. The van der Waals surface area contributed by atoms with Crippen molar-refractivity contribution in [3.8, 4) is 0 Å². The van der Waals surface area contributed by atoms with Gasteiger partial charge in [-0.15, -0.1) is 0 Å². The smallest absolute Gasteiger partial charge is 0.374 e. The number of hydrogen-bond donors (Lipinski definition) is 0. The molecule has 0 fully saturated rings. The Labute approximate surface area is 284 Å². The number of benzene rings is 4. The van der Waals surface area contributed by atoms with E-state index < -0.39 is 0 Å². The van der Waals surface area contributed by atoms with E-state index in [4.69, 9.17) is 8.83 Å². The molecular formula is C42H48N4O2+2. The van der Waals surface area contributed by atoms with Gasteiger partial charge in [0, 0.05) is 62.5 Å². The molecule has 0 saturated heterocycles. The summed E-state index contributed by atoms with van der Waals surface area (Å²) in [7, 11) is 0. The molecule has 6 rings (SSSR count). The maximum absolute atomic E-state index is 6.34. The quantitative estimate of drug-likeness (QED) is 0.0829. The predicted octanol–water partition coefficient (Wildman–Crippen LogP) is 9.27. The van der Waals surface area contributed by atoms with Crippen molar-refractivity contribution >= 4 is 57.9 Å². The monoisotopic (exact) mass is 640 g/mol. The van der Waals surface area contributed by atoms with Gasteiger partial charge in [-0.3, -0.25) is 0 Å². The summed E-state index contributed by atoms with van der Waals surface area (Å²) in [4.78, 5) is 4.72. The second-order valence-electron chi connectivity index (χ2n) is 12.0. The number of hydrogen-bond acceptors (Lipinski definition) is 4. The van der Waals surface area contributed by atoms with E-state index in [1.807, 2.05) is 24.3 Å². The third-order valence-corrected chi connectivity index (χ3v) is 9.17. The largest absolute Gasteiger partial charge is 0.398 e. The Morgan fingerprint density at radius 1 is 0.479 bits per heavy atom. The van der Waals surface area contributed by atoms with Gasteiger partial charge in [0.05, 0.1) is 12.2 Å². The molecule has 0 aliphatic heterocycles. The first-order chi connectivity index (χ1) is 23.6. The molecule has 0 radical (unpaired) electrons. The van der Waals surface area contributed by atoms with E-state index in [0.717, 1.165) is 97.2 Å². The Hall–Kier alpha value is -5.10. The van der Waals surface area contributed by atoms with Crippen LogP contribution in [0, 0.1) is 0 Å². The average molecular weight is 641 g/mol. The van der Waals surface area contributed by atoms with Crippen LogP contribution in [0.4, 0.5) is 11.4 Å². The van der Waals surface area contributed by atoms with Gasteiger partial charge in [-0.05, 0) is 87.4 Å². The predicted molar refractivity (Wildman–Crippen MR) is 200 cm³/mol. The fraction of sp³-hybridized carbons (Fsp3) is 0.286. The van der Waals surface area contributed by atoms with E-state index >= 15 is 0 Å². The summed E-state index contributed by atoms with van der Waals surface area (Å²) in [6.07, 6.45) is 10.5. The molecule has 6 aromatic rings. The number of anilines is 2. The van der Waals surface area contributed by atoms with Gasteiger partial charge in [-0.25, -0.2) is 0 Å². The first-order valence-electron chi connectivity index (χ1n) is 17.5. The number of aromatic nitrogens is 2. The molecule has 0 aliphatic carbocycles. The fourth-order valence-electron chi connectivity index (χ4n) is 6.46. The minimum absolute atomic E-state index is 0.859. The summed E-state index contributed by atoms with van der Waals surface area (Å²) in [6, 6.07) is 34.1. The highest BCUT2D eigenvalue weighted by Crippen LogP contribution is 2.21. The summed E-state index contributed by atoms with van der Waals surface area (Å²) in [5.41, 5.74) is 8.86. The first-order valence-corrected chi connectivity index (χ1v) is 17.5. The average Bonchev–Trinajstić information content (AvgIpc) is 3.67. The molecule has 4 aromatic carbocycles. The summed E-state index contributed by atoms with van der Waals surface area (Å²) in [6.45, 7) is 14.5. The molecule has 0 bridgehead atoms. The van der Waals surface area contributed by atoms with Gasteiger partial charge in [-0.1, -0.05) is 48.5 Å². The van der Waals surface area contributed by atoms with Gasteiger partial charge in [0.15, 0.2) is 13.1 Å². The molecule has 0 saturated carbocycles. The molecule has 0 unspecified atom stereocenters. The minimum atomic E-state index is 0.859. The maximum Gasteiger partial charge on any atom is 0.374 e. The Bertz CT molecular complexity index is 1830. The van der Waals surface area contributed by atoms with E-state index in [2.05, 4.69) is 144 Å². The van der Waals surface area contributed by atoms with Crippen LogP contribution in [-0.2, 0) is 13.1 Å². The number of oxazole rings is 2. The van der Waals surface area contributed by atoms with Crippen molar-refractivity contribution < 1.29 is 18.0 Å². The molecule has 0 atom stereocenters. The minimum Gasteiger partial charge on any atom is -0.398 e. The Morgan fingerprint density at radius 2 is 0.854 bits per heavy atom. The Balaban J connectivity index is 1.16. The zero-order valence-electron chi connectivity index (χ0n) is 28.8. The fourth-order valence-corrected chi connectivity index (χ4v) is 6.46. The molecule has 2 aromatic heterocycles. The molecular weight excluding hydrogens is 592 g/mol. The van der Waals surface area contributed by atoms with Crippen molar-refractivity contribution in [1.82, 2.24) is 0 Å². The van der Waals surface area contributed by atoms with Crippen LogP contribution in [0.2, 0.25) is 0 Å². The van der Waals surface area contributed by atoms with E-state index in [1.54, 1.807) is 0 Å². The lowest BCUT2D eigenvalue weighted by Crippen LogP contribution is -2.38. The van der Waals surface area contributed by atoms with Crippen molar-refractivity contribution in [2.24, 2.45) is 0 Å². The summed E-state index contributed by atoms with van der Waals surface area (Å²) in [5.74, 6) is 1.72. The number of fused-ring (bicyclic) bond motifs is 2. The Kier molecular flexibility index (Phi) is 10.7. The molecule has 0 amide bonds. The number of aryl methyl sites for hydroxylation is 2. The first kappa shape index (κ1) is 32.8. The van der Waals surface area contributed by atoms with E-state index in [9.17, 15) is 0 Å². The number of rotatable bonds is 15. The van der Waals surface area contributed by atoms with Gasteiger partial charge in [0.25, 0.3) is 11.0 Å². The Morgan fingerprint density at radius 3 is 1.23 bits per heavy atom. The van der Waals surface area contributed by atoms with Crippen LogP contribution >= 0.6 is 0 Å². The van der Waals surface area contributed by atoms with Crippen LogP contribution in [0.15, 0.2) is 106 Å². The van der Waals surface area contributed by atoms with E-state index in [1.165, 1.54) is 11.4 Å². The van der Waals surface area contributed by atoms with Gasteiger partial charge >= 0.3 is 11.8 Å². The highest BCUT2D eigenvalue weighted by Gasteiger charge is 2.22. The van der Waals surface area contributed by atoms with E-state index in [-0.39, 0.29) is 0 Å². The van der Waals surface area contributed by atoms with Crippen LogP contribution in [0.5, 0.6) is 0 Å². The highest BCUT2D eigenvalue weighted by atomic mass is 16.4. The van der Waals surface area contributed by atoms with Crippen LogP contribution in [0.3, 0.4) is 0 Å². The van der Waals surface area contributed by atoms with Crippen molar-refractivity contribution in [2.75, 3.05) is 36.0 Å². The van der Waals surface area contributed by atoms with Crippen LogP contribution < -0.4 is 18.9 Å². The topological polar surface area (TPSA) is 40.5 Å². The number of unbranched alkanes of at least 4 members (excludes halogenated alkanes) is 1. The van der Waals surface area contributed by atoms with Crippen molar-refractivity contribution in [3.63, 3.8) is 0 Å². The third-order valence-electron chi connectivity index (χ3n) is 9.17. The van der Waals surface area contributed by atoms with Crippen LogP contribution in [0.25, 0.3) is 46.5 Å². The van der Waals surface area contributed by atoms with Crippen LogP contribution in [-0.4, -0.2) is 26.2 Å². The second-order valence-corrected chi connectivity index (χ2v) is 12.0. The van der Waals surface area contributed by atoms with Crippen molar-refractivity contribution in [2.45, 2.75) is 53.6 Å². The number of para-hydroxylation sites is 4. The van der Waals surface area contributed by atoms with E-state index in [0.29, 0.717) is 0 Å². The van der Waals surface area contributed by atoms with Gasteiger partial charge in [0.2, 0.25) is 11.2 Å². The molecule has 0 aliphatic rings. The molecule has 48 heavy (non-hydrogen) atoms. The third kappa shape index (κ3) is 7.38. The van der Waals surface area contributed by atoms with Gasteiger partial charge in [-0.2, -0.15) is 9.13 Å². The molecule has 6 nitrogen and oxygen atoms in total. The second kappa shape index (κ2) is 15.7. The van der Waals surface area contributed by atoms with Gasteiger partial charge in [0.1, 0.15) is 0 Å². The SMILES string of the molecule is CCN(CC)c1ccc(/C=C/c2oc3ccccc3[n+]2CCCC[n+]2c(/C=C/c3ccc(N(CC)CC)cc3)oc3ccccc32)cc1. The molecule has 0 spiro atoms. The zero-order chi connectivity index (χ0) is 33.3. The highest BCUT2D eigenvalue weighted by molar-refractivity contribution is 5.73. The normalized spacial score (nSPS) is 11.8. The van der Waals surface area contributed by atoms with Crippen molar-refractivity contribution in [1.29, 1.82) is 0 Å². The molecule has 246 valence electrons. The van der Waals surface area contributed by atoms with Crippen molar-refractivity contribution in [3.05, 3.63) is 120 Å². The summed E-state index contributed by atoms with van der Waals surface area (Å²) >= 11 is 0. The molecule has 2 heterocycles. The summed E-state index contributed by atoms with van der Waals surface area (Å²) in [5, 5.41) is 0.